The largest absolute Gasteiger partial charge is 0.339 e. The molecule has 0 aliphatic heterocycles. The van der Waals surface area contributed by atoms with Gasteiger partial charge in [0.2, 0.25) is 0 Å². The van der Waals surface area contributed by atoms with Crippen molar-refractivity contribution in [2.45, 2.75) is 42.5 Å². The predicted octanol–water partition coefficient (Wildman–Crippen LogP) is 3.89. The molecule has 2 aromatic carbocycles. The minimum atomic E-state index is -3.32. The highest BCUT2D eigenvalue weighted by molar-refractivity contribution is 7.90. The van der Waals surface area contributed by atoms with Gasteiger partial charge in [-0.25, -0.2) is 8.42 Å². The molecule has 1 fully saturated rings. The van der Waals surface area contributed by atoms with Crippen molar-refractivity contribution in [3.05, 3.63) is 65.7 Å². The van der Waals surface area contributed by atoms with E-state index in [1.165, 1.54) is 17.7 Å². The molecule has 0 atom stereocenters. The van der Waals surface area contributed by atoms with Crippen LogP contribution in [0.1, 0.15) is 47.5 Å². The summed E-state index contributed by atoms with van der Waals surface area (Å²) >= 11 is 0. The van der Waals surface area contributed by atoms with Crippen LogP contribution in [0.25, 0.3) is 0 Å². The molecule has 3 rings (SSSR count). The summed E-state index contributed by atoms with van der Waals surface area (Å²) in [7, 11) is -1.50. The highest BCUT2D eigenvalue weighted by Crippen LogP contribution is 2.34. The Labute approximate surface area is 155 Å². The molecule has 1 aliphatic carbocycles. The van der Waals surface area contributed by atoms with Crippen LogP contribution < -0.4 is 0 Å². The Kier molecular flexibility index (Phi) is 5.47. The van der Waals surface area contributed by atoms with Gasteiger partial charge in [0.1, 0.15) is 0 Å². The number of carbonyl (C=O) groups is 1. The first kappa shape index (κ1) is 18.6. The Morgan fingerprint density at radius 2 is 1.62 bits per heavy atom. The second-order valence-electron chi connectivity index (χ2n) is 7.13. The third-order valence-corrected chi connectivity index (χ3v) is 6.46. The molecular formula is C21H25NO3S. The summed E-state index contributed by atoms with van der Waals surface area (Å²) < 4.78 is 23.5. The molecule has 0 unspecified atom stereocenters. The third kappa shape index (κ3) is 4.15. The quantitative estimate of drug-likeness (QED) is 0.819. The monoisotopic (exact) mass is 371 g/mol. The highest BCUT2D eigenvalue weighted by Gasteiger charge is 2.28. The molecule has 0 spiro atoms. The molecule has 0 N–H and O–H groups in total. The molecule has 26 heavy (non-hydrogen) atoms. The van der Waals surface area contributed by atoms with Crippen molar-refractivity contribution in [2.75, 3.05) is 13.3 Å². The maximum Gasteiger partial charge on any atom is 0.253 e. The van der Waals surface area contributed by atoms with Crippen LogP contribution in [0.5, 0.6) is 0 Å². The fraction of sp³-hybridized carbons (Fsp3) is 0.381. The Balaban J connectivity index is 1.67. The van der Waals surface area contributed by atoms with Crippen molar-refractivity contribution in [1.29, 1.82) is 0 Å². The number of hydrogen-bond acceptors (Lipinski definition) is 3. The van der Waals surface area contributed by atoms with E-state index in [4.69, 9.17) is 0 Å². The van der Waals surface area contributed by atoms with Crippen molar-refractivity contribution in [1.82, 2.24) is 4.90 Å². The lowest BCUT2D eigenvalue weighted by Gasteiger charge is -2.35. The Morgan fingerprint density at radius 3 is 2.23 bits per heavy atom. The SMILES string of the molecule is CN(C(=O)c1cccc(S(C)(=O)=O)c1)C1CCC(c2ccccc2)CC1. The summed E-state index contributed by atoms with van der Waals surface area (Å²) in [5, 5.41) is 0. The van der Waals surface area contributed by atoms with Crippen LogP contribution in [-0.2, 0) is 9.84 Å². The van der Waals surface area contributed by atoms with Gasteiger partial charge in [-0.2, -0.15) is 0 Å². The summed E-state index contributed by atoms with van der Waals surface area (Å²) in [5.74, 6) is 0.447. The lowest BCUT2D eigenvalue weighted by Crippen LogP contribution is -2.39. The van der Waals surface area contributed by atoms with E-state index in [1.807, 2.05) is 13.1 Å². The molecule has 1 aliphatic rings. The van der Waals surface area contributed by atoms with Crippen LogP contribution in [0.4, 0.5) is 0 Å². The molecule has 5 heteroatoms. The van der Waals surface area contributed by atoms with Crippen LogP contribution in [0.15, 0.2) is 59.5 Å². The smallest absolute Gasteiger partial charge is 0.253 e. The number of benzene rings is 2. The molecule has 1 saturated carbocycles. The average Bonchev–Trinajstić information content (AvgIpc) is 2.67. The van der Waals surface area contributed by atoms with Crippen molar-refractivity contribution in [3.63, 3.8) is 0 Å². The fourth-order valence-electron chi connectivity index (χ4n) is 3.75. The average molecular weight is 372 g/mol. The maximum atomic E-state index is 12.8. The van der Waals surface area contributed by atoms with Gasteiger partial charge >= 0.3 is 0 Å². The van der Waals surface area contributed by atoms with E-state index in [-0.39, 0.29) is 16.8 Å². The number of sulfone groups is 1. The van der Waals surface area contributed by atoms with Gasteiger partial charge in [0.05, 0.1) is 4.90 Å². The van der Waals surface area contributed by atoms with Crippen LogP contribution in [0.3, 0.4) is 0 Å². The van der Waals surface area contributed by atoms with E-state index >= 15 is 0 Å². The second-order valence-corrected chi connectivity index (χ2v) is 9.15. The number of amides is 1. The van der Waals surface area contributed by atoms with Gasteiger partial charge in [-0.3, -0.25) is 4.79 Å². The molecule has 2 aromatic rings. The van der Waals surface area contributed by atoms with Crippen molar-refractivity contribution >= 4 is 15.7 Å². The summed E-state index contributed by atoms with van der Waals surface area (Å²) in [4.78, 5) is 14.8. The third-order valence-electron chi connectivity index (χ3n) is 5.34. The van der Waals surface area contributed by atoms with E-state index in [0.29, 0.717) is 11.5 Å². The standard InChI is InChI=1S/C21H25NO3S/c1-22(21(23)18-9-6-10-20(15-18)26(2,24)25)19-13-11-17(12-14-19)16-7-4-3-5-8-16/h3-10,15,17,19H,11-14H2,1-2H3. The van der Waals surface area contributed by atoms with Gasteiger partial charge < -0.3 is 4.90 Å². The summed E-state index contributed by atoms with van der Waals surface area (Å²) in [6, 6.07) is 17.1. The van der Waals surface area contributed by atoms with Gasteiger partial charge in [-0.15, -0.1) is 0 Å². The normalized spacial score (nSPS) is 20.5. The zero-order valence-electron chi connectivity index (χ0n) is 15.3. The van der Waals surface area contributed by atoms with Gasteiger partial charge in [-0.05, 0) is 55.4 Å². The Bertz CT molecular complexity index is 869. The molecule has 0 heterocycles. The minimum Gasteiger partial charge on any atom is -0.339 e. The van der Waals surface area contributed by atoms with E-state index in [2.05, 4.69) is 24.3 Å². The van der Waals surface area contributed by atoms with E-state index in [0.717, 1.165) is 31.9 Å². The number of carbonyl (C=O) groups excluding carboxylic acids is 1. The fourth-order valence-corrected chi connectivity index (χ4v) is 4.42. The van der Waals surface area contributed by atoms with Crippen molar-refractivity contribution in [3.8, 4) is 0 Å². The molecule has 0 aromatic heterocycles. The Morgan fingerprint density at radius 1 is 0.962 bits per heavy atom. The van der Waals surface area contributed by atoms with Crippen LogP contribution >= 0.6 is 0 Å². The van der Waals surface area contributed by atoms with Crippen LogP contribution in [0, 0.1) is 0 Å². The van der Waals surface area contributed by atoms with Gasteiger partial charge in [0, 0.05) is 24.9 Å². The first-order chi connectivity index (χ1) is 12.4. The Hall–Kier alpha value is -2.14. The van der Waals surface area contributed by atoms with E-state index < -0.39 is 9.84 Å². The van der Waals surface area contributed by atoms with Crippen molar-refractivity contribution in [2.24, 2.45) is 0 Å². The van der Waals surface area contributed by atoms with E-state index in [1.54, 1.807) is 17.0 Å². The first-order valence-corrected chi connectivity index (χ1v) is 10.9. The molecule has 0 bridgehead atoms. The van der Waals surface area contributed by atoms with Gasteiger partial charge in [-0.1, -0.05) is 36.4 Å². The zero-order chi connectivity index (χ0) is 18.7. The highest BCUT2D eigenvalue weighted by atomic mass is 32.2. The number of nitrogens with zero attached hydrogens (tertiary/aromatic N) is 1. The molecule has 1 amide bonds. The van der Waals surface area contributed by atoms with E-state index in [9.17, 15) is 13.2 Å². The van der Waals surface area contributed by atoms with Crippen LogP contribution in [-0.4, -0.2) is 38.6 Å². The number of hydrogen-bond donors (Lipinski definition) is 0. The van der Waals surface area contributed by atoms with Crippen LogP contribution in [0.2, 0.25) is 0 Å². The zero-order valence-corrected chi connectivity index (χ0v) is 16.1. The number of rotatable bonds is 4. The van der Waals surface area contributed by atoms with Crippen molar-refractivity contribution < 1.29 is 13.2 Å². The lowest BCUT2D eigenvalue weighted by molar-refractivity contribution is 0.0689. The molecule has 0 saturated heterocycles. The van der Waals surface area contributed by atoms with Gasteiger partial charge in [0.25, 0.3) is 5.91 Å². The first-order valence-electron chi connectivity index (χ1n) is 8.98. The molecule has 138 valence electrons. The molecule has 4 nitrogen and oxygen atoms in total. The van der Waals surface area contributed by atoms with Gasteiger partial charge in [0.15, 0.2) is 9.84 Å². The maximum absolute atomic E-state index is 12.8. The molecule has 0 radical (unpaired) electrons. The summed E-state index contributed by atoms with van der Waals surface area (Å²) in [6.45, 7) is 0. The predicted molar refractivity (Wildman–Crippen MR) is 103 cm³/mol. The topological polar surface area (TPSA) is 54.5 Å². The summed E-state index contributed by atoms with van der Waals surface area (Å²) in [6.07, 6.45) is 5.22. The molecular weight excluding hydrogens is 346 g/mol. The lowest BCUT2D eigenvalue weighted by atomic mass is 9.81. The second kappa shape index (κ2) is 7.62. The minimum absolute atomic E-state index is 0.112. The summed E-state index contributed by atoms with van der Waals surface area (Å²) in [5.41, 5.74) is 1.81.